The summed E-state index contributed by atoms with van der Waals surface area (Å²) in [6, 6.07) is 13.0. The number of amides is 1. The van der Waals surface area contributed by atoms with Gasteiger partial charge in [-0.15, -0.1) is 0 Å². The molecule has 110 valence electrons. The third kappa shape index (κ3) is 4.03. The molecule has 1 atom stereocenters. The summed E-state index contributed by atoms with van der Waals surface area (Å²) in [5.74, 6) is -0.363. The average Bonchev–Trinajstić information content (AvgIpc) is 2.48. The molecule has 0 aromatic heterocycles. The zero-order chi connectivity index (χ0) is 15.2. The van der Waals surface area contributed by atoms with Gasteiger partial charge in [0.1, 0.15) is 11.6 Å². The molecule has 4 nitrogen and oxygen atoms in total. The summed E-state index contributed by atoms with van der Waals surface area (Å²) in [4.78, 5) is 11.8. The van der Waals surface area contributed by atoms with E-state index in [2.05, 4.69) is 5.32 Å². The molecule has 0 aliphatic rings. The molecular formula is C16H17FN2O2. The second-order valence-corrected chi connectivity index (χ2v) is 4.64. The molecule has 0 bridgehead atoms. The Hall–Kier alpha value is -2.40. The predicted octanol–water partition coefficient (Wildman–Crippen LogP) is 2.86. The van der Waals surface area contributed by atoms with Gasteiger partial charge in [-0.1, -0.05) is 30.3 Å². The number of nitrogens with one attached hydrogen (secondary N) is 1. The number of para-hydroxylation sites is 2. The van der Waals surface area contributed by atoms with E-state index >= 15 is 0 Å². The van der Waals surface area contributed by atoms with Crippen molar-refractivity contribution >= 4 is 11.6 Å². The number of hydrogen-bond donors (Lipinski definition) is 2. The Morgan fingerprint density at radius 3 is 2.62 bits per heavy atom. The van der Waals surface area contributed by atoms with Crippen molar-refractivity contribution < 1.29 is 13.9 Å². The zero-order valence-corrected chi connectivity index (χ0v) is 11.7. The van der Waals surface area contributed by atoms with Gasteiger partial charge >= 0.3 is 0 Å². The van der Waals surface area contributed by atoms with Gasteiger partial charge in [-0.25, -0.2) is 4.39 Å². The van der Waals surface area contributed by atoms with Gasteiger partial charge in [0.2, 0.25) is 0 Å². The van der Waals surface area contributed by atoms with E-state index in [4.69, 9.17) is 10.5 Å². The van der Waals surface area contributed by atoms with E-state index in [0.717, 1.165) is 5.56 Å². The zero-order valence-electron chi connectivity index (χ0n) is 11.7. The van der Waals surface area contributed by atoms with Crippen molar-refractivity contribution in [2.75, 3.05) is 11.9 Å². The Morgan fingerprint density at radius 2 is 1.90 bits per heavy atom. The van der Waals surface area contributed by atoms with Crippen LogP contribution in [0.3, 0.4) is 0 Å². The first-order chi connectivity index (χ1) is 10.1. The molecule has 2 aromatic carbocycles. The van der Waals surface area contributed by atoms with Crippen LogP contribution in [-0.4, -0.2) is 12.5 Å². The smallest absolute Gasteiger partial charge is 0.262 e. The molecule has 0 saturated heterocycles. The van der Waals surface area contributed by atoms with Gasteiger partial charge in [0.25, 0.3) is 5.91 Å². The quantitative estimate of drug-likeness (QED) is 0.889. The van der Waals surface area contributed by atoms with E-state index in [9.17, 15) is 9.18 Å². The molecular weight excluding hydrogens is 271 g/mol. The predicted molar refractivity (Wildman–Crippen MR) is 79.6 cm³/mol. The third-order valence-electron chi connectivity index (χ3n) is 2.92. The minimum atomic E-state index is -0.484. The summed E-state index contributed by atoms with van der Waals surface area (Å²) in [5, 5.41) is 2.46. The van der Waals surface area contributed by atoms with E-state index in [1.54, 1.807) is 24.3 Å². The minimum Gasteiger partial charge on any atom is -0.483 e. The average molecular weight is 288 g/mol. The van der Waals surface area contributed by atoms with Crippen LogP contribution in [0.4, 0.5) is 10.1 Å². The number of ether oxygens (including phenoxy) is 1. The molecule has 5 heteroatoms. The van der Waals surface area contributed by atoms with Crippen molar-refractivity contribution in [1.29, 1.82) is 0 Å². The Labute approximate surface area is 122 Å². The molecule has 1 unspecified atom stereocenters. The highest BCUT2D eigenvalue weighted by Gasteiger charge is 2.10. The van der Waals surface area contributed by atoms with Crippen LogP contribution in [0.2, 0.25) is 0 Å². The number of rotatable bonds is 5. The molecule has 0 spiro atoms. The van der Waals surface area contributed by atoms with Gasteiger partial charge in [0.15, 0.2) is 6.61 Å². The monoisotopic (exact) mass is 288 g/mol. The van der Waals surface area contributed by atoms with Crippen LogP contribution < -0.4 is 15.8 Å². The van der Waals surface area contributed by atoms with Gasteiger partial charge in [-0.2, -0.15) is 0 Å². The summed E-state index contributed by atoms with van der Waals surface area (Å²) in [5.41, 5.74) is 6.78. The molecule has 0 aliphatic heterocycles. The van der Waals surface area contributed by atoms with Crippen LogP contribution in [0.15, 0.2) is 48.5 Å². The Balaban J connectivity index is 1.97. The Morgan fingerprint density at radius 1 is 1.24 bits per heavy atom. The maximum absolute atomic E-state index is 13.4. The van der Waals surface area contributed by atoms with E-state index in [-0.39, 0.29) is 18.3 Å². The van der Waals surface area contributed by atoms with Crippen molar-refractivity contribution in [1.82, 2.24) is 0 Å². The van der Waals surface area contributed by atoms with Crippen molar-refractivity contribution in [3.63, 3.8) is 0 Å². The van der Waals surface area contributed by atoms with Crippen LogP contribution in [0.25, 0.3) is 0 Å². The van der Waals surface area contributed by atoms with Gasteiger partial charge in [-0.3, -0.25) is 4.79 Å². The highest BCUT2D eigenvalue weighted by atomic mass is 19.1. The molecule has 3 N–H and O–H groups in total. The molecule has 0 radical (unpaired) electrons. The lowest BCUT2D eigenvalue weighted by Crippen LogP contribution is -2.21. The largest absolute Gasteiger partial charge is 0.483 e. The van der Waals surface area contributed by atoms with E-state index in [1.807, 2.05) is 19.1 Å². The minimum absolute atomic E-state index is 0.131. The first kappa shape index (κ1) is 15.0. The molecule has 0 saturated carbocycles. The maximum atomic E-state index is 13.4. The van der Waals surface area contributed by atoms with Crippen molar-refractivity contribution in [2.45, 2.75) is 13.0 Å². The molecule has 2 aromatic rings. The summed E-state index contributed by atoms with van der Waals surface area (Å²) < 4.78 is 18.9. The highest BCUT2D eigenvalue weighted by molar-refractivity contribution is 5.91. The molecule has 0 heterocycles. The van der Waals surface area contributed by atoms with E-state index in [0.29, 0.717) is 5.75 Å². The molecule has 2 rings (SSSR count). The second-order valence-electron chi connectivity index (χ2n) is 4.64. The third-order valence-corrected chi connectivity index (χ3v) is 2.92. The normalized spacial score (nSPS) is 11.8. The highest BCUT2D eigenvalue weighted by Crippen LogP contribution is 2.23. The number of benzene rings is 2. The second kappa shape index (κ2) is 6.85. The number of hydrogen-bond acceptors (Lipinski definition) is 3. The lowest BCUT2D eigenvalue weighted by Gasteiger charge is -2.13. The van der Waals surface area contributed by atoms with Crippen LogP contribution in [0.5, 0.6) is 5.75 Å². The van der Waals surface area contributed by atoms with Crippen LogP contribution in [-0.2, 0) is 4.79 Å². The summed E-state index contributed by atoms with van der Waals surface area (Å²) in [6.45, 7) is 1.62. The number of carbonyl (C=O) groups excluding carboxylic acids is 1. The summed E-state index contributed by atoms with van der Waals surface area (Å²) in [7, 11) is 0. The number of halogens is 1. The van der Waals surface area contributed by atoms with Crippen molar-refractivity contribution in [2.24, 2.45) is 5.73 Å². The fourth-order valence-corrected chi connectivity index (χ4v) is 1.88. The first-order valence-corrected chi connectivity index (χ1v) is 6.59. The number of nitrogens with two attached hydrogens (primary N) is 1. The van der Waals surface area contributed by atoms with Crippen LogP contribution in [0.1, 0.15) is 18.5 Å². The lowest BCUT2D eigenvalue weighted by atomic mass is 10.1. The number of anilines is 1. The van der Waals surface area contributed by atoms with Crippen LogP contribution >= 0.6 is 0 Å². The van der Waals surface area contributed by atoms with Crippen molar-refractivity contribution in [3.8, 4) is 5.75 Å². The van der Waals surface area contributed by atoms with Crippen molar-refractivity contribution in [3.05, 3.63) is 59.9 Å². The topological polar surface area (TPSA) is 64.3 Å². The maximum Gasteiger partial charge on any atom is 0.262 e. The van der Waals surface area contributed by atoms with E-state index < -0.39 is 11.7 Å². The van der Waals surface area contributed by atoms with Gasteiger partial charge in [0.05, 0.1) is 5.69 Å². The Bertz CT molecular complexity index is 629. The summed E-state index contributed by atoms with van der Waals surface area (Å²) >= 11 is 0. The standard InChI is InChI=1S/C16H17FN2O2/c1-11(18)12-6-2-5-9-15(12)21-10-16(20)19-14-8-4-3-7-13(14)17/h2-9,11H,10,18H2,1H3,(H,19,20). The van der Waals surface area contributed by atoms with Gasteiger partial charge in [0, 0.05) is 11.6 Å². The lowest BCUT2D eigenvalue weighted by molar-refractivity contribution is -0.118. The molecule has 21 heavy (non-hydrogen) atoms. The van der Waals surface area contributed by atoms with E-state index in [1.165, 1.54) is 12.1 Å². The SMILES string of the molecule is CC(N)c1ccccc1OCC(=O)Nc1ccccc1F. The van der Waals surface area contributed by atoms with Crippen LogP contribution in [0, 0.1) is 5.82 Å². The summed E-state index contributed by atoms with van der Waals surface area (Å²) in [6.07, 6.45) is 0. The van der Waals surface area contributed by atoms with Gasteiger partial charge in [-0.05, 0) is 25.1 Å². The fourth-order valence-electron chi connectivity index (χ4n) is 1.88. The molecule has 0 fully saturated rings. The fraction of sp³-hybridized carbons (Fsp3) is 0.188. The molecule has 0 aliphatic carbocycles. The first-order valence-electron chi connectivity index (χ1n) is 6.59. The number of carbonyl (C=O) groups is 1. The Kier molecular flexibility index (Phi) is 4.90. The van der Waals surface area contributed by atoms with Gasteiger partial charge < -0.3 is 15.8 Å². The molecule has 1 amide bonds.